The predicted molar refractivity (Wildman–Crippen MR) is 106 cm³/mol. The Morgan fingerprint density at radius 2 is 1.64 bits per heavy atom. The second-order valence-electron chi connectivity index (χ2n) is 8.98. The molecule has 4 heteroatoms. The summed E-state index contributed by atoms with van der Waals surface area (Å²) in [6.07, 6.45) is 12.2. The Morgan fingerprint density at radius 3 is 2.28 bits per heavy atom. The summed E-state index contributed by atoms with van der Waals surface area (Å²) in [4.78, 5) is 5.62. The van der Waals surface area contributed by atoms with Gasteiger partial charge in [-0.15, -0.1) is 0 Å². The SMILES string of the molecule is S=C(NC1C2CC3CC(C2)CC1C3)c1ccc(Cl)nc1C1CCCC1. The van der Waals surface area contributed by atoms with Gasteiger partial charge in [-0.2, -0.15) is 0 Å². The average molecular weight is 375 g/mol. The summed E-state index contributed by atoms with van der Waals surface area (Å²) in [6.45, 7) is 0. The van der Waals surface area contributed by atoms with Crippen LogP contribution >= 0.6 is 23.8 Å². The molecule has 134 valence electrons. The predicted octanol–water partition coefficient (Wildman–Crippen LogP) is 5.48. The molecule has 0 atom stereocenters. The van der Waals surface area contributed by atoms with Crippen LogP contribution in [0, 0.1) is 23.7 Å². The maximum absolute atomic E-state index is 6.22. The first kappa shape index (κ1) is 16.5. The van der Waals surface area contributed by atoms with Crippen LogP contribution in [0.5, 0.6) is 0 Å². The minimum absolute atomic E-state index is 0.534. The maximum Gasteiger partial charge on any atom is 0.129 e. The molecule has 5 fully saturated rings. The van der Waals surface area contributed by atoms with Crippen molar-refractivity contribution in [1.29, 1.82) is 0 Å². The van der Waals surface area contributed by atoms with Crippen LogP contribution in [0.3, 0.4) is 0 Å². The highest BCUT2D eigenvalue weighted by molar-refractivity contribution is 7.80. The zero-order chi connectivity index (χ0) is 17.0. The van der Waals surface area contributed by atoms with E-state index < -0.39 is 0 Å². The number of halogens is 1. The Labute approximate surface area is 161 Å². The smallest absolute Gasteiger partial charge is 0.129 e. The van der Waals surface area contributed by atoms with E-state index in [2.05, 4.69) is 11.4 Å². The fraction of sp³-hybridized carbons (Fsp3) is 0.714. The Balaban J connectivity index is 1.38. The first-order valence-electron chi connectivity index (χ1n) is 10.1. The third kappa shape index (κ3) is 3.02. The lowest BCUT2D eigenvalue weighted by Crippen LogP contribution is -2.55. The van der Waals surface area contributed by atoms with Crippen LogP contribution < -0.4 is 5.32 Å². The van der Waals surface area contributed by atoms with Gasteiger partial charge in [-0.05, 0) is 80.8 Å². The van der Waals surface area contributed by atoms with E-state index in [1.807, 2.05) is 6.07 Å². The highest BCUT2D eigenvalue weighted by atomic mass is 35.5. The number of hydrogen-bond acceptors (Lipinski definition) is 2. The molecule has 5 aliphatic rings. The molecule has 1 N–H and O–H groups in total. The third-order valence-electron chi connectivity index (χ3n) is 7.40. The van der Waals surface area contributed by atoms with Gasteiger partial charge in [0, 0.05) is 17.5 Å². The van der Waals surface area contributed by atoms with Gasteiger partial charge in [0.2, 0.25) is 0 Å². The molecular formula is C21H27ClN2S. The Morgan fingerprint density at radius 1 is 1.00 bits per heavy atom. The van der Waals surface area contributed by atoms with Crippen molar-refractivity contribution in [3.05, 3.63) is 28.5 Å². The number of thiocarbonyl (C=S) groups is 1. The summed E-state index contributed by atoms with van der Waals surface area (Å²) in [7, 11) is 0. The molecule has 0 aromatic carbocycles. The van der Waals surface area contributed by atoms with E-state index in [-0.39, 0.29) is 0 Å². The van der Waals surface area contributed by atoms with Crippen LogP contribution in [0.2, 0.25) is 5.15 Å². The lowest BCUT2D eigenvalue weighted by molar-refractivity contribution is -0.00660. The normalized spacial score (nSPS) is 36.8. The number of nitrogens with one attached hydrogen (secondary N) is 1. The van der Waals surface area contributed by atoms with Gasteiger partial charge >= 0.3 is 0 Å². The fourth-order valence-corrected chi connectivity index (χ4v) is 7.01. The molecule has 0 saturated heterocycles. The summed E-state index contributed by atoms with van der Waals surface area (Å²) in [5.74, 6) is 4.21. The molecule has 2 nitrogen and oxygen atoms in total. The molecule has 0 unspecified atom stereocenters. The molecule has 1 aromatic rings. The van der Waals surface area contributed by atoms with Gasteiger partial charge in [0.25, 0.3) is 0 Å². The molecule has 1 aromatic heterocycles. The average Bonchev–Trinajstić information content (AvgIpc) is 3.11. The zero-order valence-electron chi connectivity index (χ0n) is 14.7. The van der Waals surface area contributed by atoms with Gasteiger partial charge in [-0.25, -0.2) is 4.98 Å². The summed E-state index contributed by atoms with van der Waals surface area (Å²) >= 11 is 12.1. The topological polar surface area (TPSA) is 24.9 Å². The van der Waals surface area contributed by atoms with E-state index in [9.17, 15) is 0 Å². The van der Waals surface area contributed by atoms with E-state index in [0.717, 1.165) is 39.9 Å². The van der Waals surface area contributed by atoms with Gasteiger partial charge in [-0.3, -0.25) is 0 Å². The molecule has 0 spiro atoms. The number of pyridine rings is 1. The Kier molecular flexibility index (Phi) is 4.28. The molecule has 4 bridgehead atoms. The molecular weight excluding hydrogens is 348 g/mol. The molecule has 5 saturated carbocycles. The van der Waals surface area contributed by atoms with Crippen molar-refractivity contribution in [2.45, 2.75) is 69.7 Å². The maximum atomic E-state index is 6.22. The largest absolute Gasteiger partial charge is 0.372 e. The fourth-order valence-electron chi connectivity index (χ4n) is 6.54. The van der Waals surface area contributed by atoms with Crippen LogP contribution in [-0.2, 0) is 0 Å². The number of aromatic nitrogens is 1. The molecule has 0 radical (unpaired) electrons. The van der Waals surface area contributed by atoms with Crippen molar-refractivity contribution >= 4 is 28.8 Å². The Hall–Kier alpha value is -0.670. The van der Waals surface area contributed by atoms with E-state index in [1.54, 1.807) is 0 Å². The van der Waals surface area contributed by atoms with E-state index in [1.165, 1.54) is 57.8 Å². The van der Waals surface area contributed by atoms with Gasteiger partial charge in [0.1, 0.15) is 10.1 Å². The van der Waals surface area contributed by atoms with Crippen LogP contribution in [0.25, 0.3) is 0 Å². The summed E-state index contributed by atoms with van der Waals surface area (Å²) in [5, 5.41) is 4.41. The molecule has 6 rings (SSSR count). The number of nitrogens with zero attached hydrogens (tertiary/aromatic N) is 1. The molecule has 1 heterocycles. The lowest BCUT2D eigenvalue weighted by Gasteiger charge is -2.54. The van der Waals surface area contributed by atoms with Crippen molar-refractivity contribution in [2.75, 3.05) is 0 Å². The first-order chi connectivity index (χ1) is 12.2. The van der Waals surface area contributed by atoms with Crippen molar-refractivity contribution in [1.82, 2.24) is 10.3 Å². The minimum atomic E-state index is 0.534. The zero-order valence-corrected chi connectivity index (χ0v) is 16.3. The summed E-state index contributed by atoms with van der Waals surface area (Å²) in [5.41, 5.74) is 2.28. The Bertz CT molecular complexity index is 654. The number of hydrogen-bond donors (Lipinski definition) is 1. The summed E-state index contributed by atoms with van der Waals surface area (Å²) in [6, 6.07) is 4.60. The van der Waals surface area contributed by atoms with Gasteiger partial charge in [0.05, 0.1) is 5.69 Å². The highest BCUT2D eigenvalue weighted by Gasteiger charge is 2.48. The van der Waals surface area contributed by atoms with E-state index in [4.69, 9.17) is 28.8 Å². The van der Waals surface area contributed by atoms with Gasteiger partial charge < -0.3 is 5.32 Å². The molecule has 0 amide bonds. The van der Waals surface area contributed by atoms with Gasteiger partial charge in [-0.1, -0.05) is 36.7 Å². The minimum Gasteiger partial charge on any atom is -0.372 e. The monoisotopic (exact) mass is 374 g/mol. The standard InChI is InChI=1S/C21H27ClN2S/c22-18-6-5-17(20(23-18)14-3-1-2-4-14)21(25)24-19-15-8-12-7-13(10-15)11-16(19)9-12/h5-6,12-16,19H,1-4,7-11H2,(H,24,25). The summed E-state index contributed by atoms with van der Waals surface area (Å²) < 4.78 is 0. The lowest BCUT2D eigenvalue weighted by atomic mass is 9.54. The third-order valence-corrected chi connectivity index (χ3v) is 7.95. The van der Waals surface area contributed by atoms with Crippen molar-refractivity contribution in [3.63, 3.8) is 0 Å². The van der Waals surface area contributed by atoms with Crippen LogP contribution in [0.4, 0.5) is 0 Å². The molecule has 5 aliphatic carbocycles. The van der Waals surface area contributed by atoms with E-state index >= 15 is 0 Å². The second kappa shape index (κ2) is 6.49. The van der Waals surface area contributed by atoms with Crippen LogP contribution in [0.1, 0.15) is 75.0 Å². The molecule has 25 heavy (non-hydrogen) atoms. The van der Waals surface area contributed by atoms with E-state index in [0.29, 0.717) is 17.1 Å². The quantitative estimate of drug-likeness (QED) is 0.560. The van der Waals surface area contributed by atoms with Gasteiger partial charge in [0.15, 0.2) is 0 Å². The molecule has 0 aliphatic heterocycles. The van der Waals surface area contributed by atoms with Crippen molar-refractivity contribution in [3.8, 4) is 0 Å². The van der Waals surface area contributed by atoms with Crippen LogP contribution in [0.15, 0.2) is 12.1 Å². The first-order valence-corrected chi connectivity index (χ1v) is 10.9. The number of rotatable bonds is 3. The highest BCUT2D eigenvalue weighted by Crippen LogP contribution is 2.53. The van der Waals surface area contributed by atoms with Crippen LogP contribution in [-0.4, -0.2) is 16.0 Å². The second-order valence-corrected chi connectivity index (χ2v) is 9.77. The van der Waals surface area contributed by atoms with Crippen molar-refractivity contribution < 1.29 is 0 Å². The van der Waals surface area contributed by atoms with Crippen molar-refractivity contribution in [2.24, 2.45) is 23.7 Å².